The first-order valence-corrected chi connectivity index (χ1v) is 18.2. The highest BCUT2D eigenvalue weighted by Gasteiger charge is 2.30. The van der Waals surface area contributed by atoms with E-state index in [1.165, 1.54) is 5.56 Å². The maximum atomic E-state index is 13.8. The molecule has 1 saturated carbocycles. The van der Waals surface area contributed by atoms with E-state index in [0.717, 1.165) is 91.7 Å². The topological polar surface area (TPSA) is 90.9 Å². The van der Waals surface area contributed by atoms with Crippen LogP contribution in [0.5, 0.6) is 11.5 Å². The van der Waals surface area contributed by atoms with Gasteiger partial charge in [0.2, 0.25) is 5.91 Å². The molecule has 1 aliphatic carbocycles. The standard InChI is InChI=1S/C42H53NO6/c1-5-6-11-25-47-40(45)23-24-41(46)48-31-14-12-13-29(26-31)19-20-30-21-22-35(42(2,3)4)36(27-30)43-39(44)28-34-32-15-7-9-17-37(32)49-38-18-10-8-16-33(34)38/h7-10,15-18,21-22,27,29,31,34H,5-6,11-14,19-20,23-26,28H2,1-4H3,(H,43,44). The second kappa shape index (κ2) is 17.0. The summed E-state index contributed by atoms with van der Waals surface area (Å²) in [5.41, 5.74) is 5.05. The predicted molar refractivity (Wildman–Crippen MR) is 193 cm³/mol. The second-order valence-electron chi connectivity index (χ2n) is 14.7. The van der Waals surface area contributed by atoms with E-state index < -0.39 is 0 Å². The number of anilines is 1. The Hall–Kier alpha value is -4.13. The number of hydrogen-bond donors (Lipinski definition) is 1. The molecular weight excluding hydrogens is 614 g/mol. The van der Waals surface area contributed by atoms with Crippen molar-refractivity contribution in [3.8, 4) is 11.5 Å². The molecule has 3 aromatic rings. The number of aryl methyl sites for hydroxylation is 1. The molecule has 2 atom stereocenters. The molecule has 5 rings (SSSR count). The lowest BCUT2D eigenvalue weighted by Crippen LogP contribution is -2.26. The summed E-state index contributed by atoms with van der Waals surface area (Å²) >= 11 is 0. The van der Waals surface area contributed by atoms with Gasteiger partial charge in [0.25, 0.3) is 0 Å². The second-order valence-corrected chi connectivity index (χ2v) is 14.7. The van der Waals surface area contributed by atoms with Crippen LogP contribution in [0.15, 0.2) is 66.7 Å². The predicted octanol–water partition coefficient (Wildman–Crippen LogP) is 9.80. The number of para-hydroxylation sites is 2. The summed E-state index contributed by atoms with van der Waals surface area (Å²) in [5, 5.41) is 3.30. The van der Waals surface area contributed by atoms with Crippen LogP contribution in [0.4, 0.5) is 5.69 Å². The number of nitrogens with one attached hydrogen (secondary N) is 1. The molecule has 1 N–H and O–H groups in total. The monoisotopic (exact) mass is 667 g/mol. The minimum atomic E-state index is -0.332. The smallest absolute Gasteiger partial charge is 0.306 e. The third-order valence-electron chi connectivity index (χ3n) is 9.78. The lowest BCUT2D eigenvalue weighted by atomic mass is 9.82. The highest BCUT2D eigenvalue weighted by molar-refractivity contribution is 5.93. The first-order chi connectivity index (χ1) is 23.6. The molecule has 1 aliphatic heterocycles. The summed E-state index contributed by atoms with van der Waals surface area (Å²) in [6.45, 7) is 9.03. The molecule has 0 bridgehead atoms. The number of carbonyl (C=O) groups is 3. The van der Waals surface area contributed by atoms with E-state index in [9.17, 15) is 14.4 Å². The molecule has 262 valence electrons. The van der Waals surface area contributed by atoms with Crippen LogP contribution in [-0.2, 0) is 35.7 Å². The molecule has 0 saturated heterocycles. The van der Waals surface area contributed by atoms with E-state index in [1.807, 2.05) is 48.5 Å². The molecule has 49 heavy (non-hydrogen) atoms. The summed E-state index contributed by atoms with van der Waals surface area (Å²) < 4.78 is 17.2. The zero-order chi connectivity index (χ0) is 34.8. The van der Waals surface area contributed by atoms with Crippen molar-refractivity contribution >= 4 is 23.5 Å². The molecule has 7 nitrogen and oxygen atoms in total. The molecule has 1 amide bonds. The Balaban J connectivity index is 1.17. The van der Waals surface area contributed by atoms with Gasteiger partial charge >= 0.3 is 11.9 Å². The number of unbranched alkanes of at least 4 members (excludes halogenated alkanes) is 2. The average molecular weight is 668 g/mol. The molecule has 0 radical (unpaired) electrons. The molecule has 1 fully saturated rings. The molecular formula is C42H53NO6. The Morgan fingerprint density at radius 1 is 0.878 bits per heavy atom. The molecule has 2 aliphatic rings. The Bertz CT molecular complexity index is 1540. The lowest BCUT2D eigenvalue weighted by Gasteiger charge is -2.29. The van der Waals surface area contributed by atoms with E-state index in [2.05, 4.69) is 51.2 Å². The van der Waals surface area contributed by atoms with Crippen LogP contribution >= 0.6 is 0 Å². The fourth-order valence-electron chi connectivity index (χ4n) is 7.16. The summed E-state index contributed by atoms with van der Waals surface area (Å²) in [4.78, 5) is 38.2. The maximum absolute atomic E-state index is 13.8. The van der Waals surface area contributed by atoms with Gasteiger partial charge in [-0.15, -0.1) is 0 Å². The van der Waals surface area contributed by atoms with Crippen molar-refractivity contribution < 1.29 is 28.6 Å². The summed E-state index contributed by atoms with van der Waals surface area (Å²) in [6.07, 6.45) is 8.98. The quantitative estimate of drug-likeness (QED) is 0.136. The fourth-order valence-corrected chi connectivity index (χ4v) is 7.16. The summed E-state index contributed by atoms with van der Waals surface area (Å²) in [6, 6.07) is 22.4. The molecule has 0 spiro atoms. The van der Waals surface area contributed by atoms with Gasteiger partial charge in [-0.3, -0.25) is 14.4 Å². The van der Waals surface area contributed by atoms with E-state index >= 15 is 0 Å². The highest BCUT2D eigenvalue weighted by Crippen LogP contribution is 2.45. The number of esters is 2. The van der Waals surface area contributed by atoms with Gasteiger partial charge in [0.15, 0.2) is 0 Å². The van der Waals surface area contributed by atoms with E-state index in [0.29, 0.717) is 18.9 Å². The number of carbonyl (C=O) groups excluding carboxylic acids is 3. The van der Waals surface area contributed by atoms with Crippen molar-refractivity contribution in [2.75, 3.05) is 11.9 Å². The lowest BCUT2D eigenvalue weighted by molar-refractivity contribution is -0.155. The third-order valence-corrected chi connectivity index (χ3v) is 9.78. The van der Waals surface area contributed by atoms with Crippen LogP contribution in [0.3, 0.4) is 0 Å². The minimum Gasteiger partial charge on any atom is -0.466 e. The molecule has 1 heterocycles. The van der Waals surface area contributed by atoms with Gasteiger partial charge in [-0.05, 0) is 79.2 Å². The molecule has 3 aromatic carbocycles. The Morgan fingerprint density at radius 3 is 2.27 bits per heavy atom. The molecule has 2 unspecified atom stereocenters. The van der Waals surface area contributed by atoms with E-state index in [4.69, 9.17) is 14.2 Å². The van der Waals surface area contributed by atoms with Crippen molar-refractivity contribution in [1.82, 2.24) is 0 Å². The summed E-state index contributed by atoms with van der Waals surface area (Å²) in [5.74, 6) is 1.27. The SMILES string of the molecule is CCCCCOC(=O)CCC(=O)OC1CCCC(CCc2ccc(C(C)(C)C)c(NC(=O)CC3c4ccccc4Oc4ccccc43)c2)C1. The number of rotatable bonds is 14. The largest absolute Gasteiger partial charge is 0.466 e. The van der Waals surface area contributed by atoms with Crippen molar-refractivity contribution in [2.24, 2.45) is 5.92 Å². The maximum Gasteiger partial charge on any atom is 0.306 e. The van der Waals surface area contributed by atoms with Crippen LogP contribution in [-0.4, -0.2) is 30.6 Å². The van der Waals surface area contributed by atoms with Crippen molar-refractivity contribution in [3.63, 3.8) is 0 Å². The minimum absolute atomic E-state index is 0.0270. The van der Waals surface area contributed by atoms with Crippen LogP contribution in [0, 0.1) is 5.92 Å². The number of hydrogen-bond acceptors (Lipinski definition) is 6. The third kappa shape index (κ3) is 10.2. The molecule has 0 aromatic heterocycles. The number of amides is 1. The van der Waals surface area contributed by atoms with Crippen molar-refractivity contribution in [2.45, 2.75) is 122 Å². The van der Waals surface area contributed by atoms with Crippen molar-refractivity contribution in [3.05, 3.63) is 89.0 Å². The Morgan fingerprint density at radius 2 is 1.57 bits per heavy atom. The van der Waals surface area contributed by atoms with Crippen LogP contribution in [0.25, 0.3) is 0 Å². The average Bonchev–Trinajstić information content (AvgIpc) is 3.08. The number of ether oxygens (including phenoxy) is 3. The van der Waals surface area contributed by atoms with E-state index in [1.54, 1.807) is 0 Å². The number of benzene rings is 3. The first-order valence-electron chi connectivity index (χ1n) is 18.2. The zero-order valence-electron chi connectivity index (χ0n) is 29.7. The highest BCUT2D eigenvalue weighted by atomic mass is 16.5. The van der Waals surface area contributed by atoms with Crippen LogP contribution in [0.2, 0.25) is 0 Å². The normalized spacial score (nSPS) is 17.3. The van der Waals surface area contributed by atoms with E-state index in [-0.39, 0.29) is 48.1 Å². The van der Waals surface area contributed by atoms with Crippen LogP contribution < -0.4 is 10.1 Å². The van der Waals surface area contributed by atoms with Gasteiger partial charge in [-0.2, -0.15) is 0 Å². The summed E-state index contributed by atoms with van der Waals surface area (Å²) in [7, 11) is 0. The van der Waals surface area contributed by atoms with Gasteiger partial charge in [0.05, 0.1) is 19.4 Å². The fraction of sp³-hybridized carbons (Fsp3) is 0.500. The Kier molecular flexibility index (Phi) is 12.5. The zero-order valence-corrected chi connectivity index (χ0v) is 29.7. The number of fused-ring (bicyclic) bond motifs is 2. The van der Waals surface area contributed by atoms with Gasteiger partial charge in [-0.1, -0.05) is 95.5 Å². The van der Waals surface area contributed by atoms with Gasteiger partial charge in [0, 0.05) is 29.2 Å². The first kappa shape index (κ1) is 36.2. The van der Waals surface area contributed by atoms with Crippen LogP contribution in [0.1, 0.15) is 126 Å². The van der Waals surface area contributed by atoms with Gasteiger partial charge in [-0.25, -0.2) is 0 Å². The van der Waals surface area contributed by atoms with Crippen molar-refractivity contribution in [1.29, 1.82) is 0 Å². The van der Waals surface area contributed by atoms with Gasteiger partial charge < -0.3 is 19.5 Å². The van der Waals surface area contributed by atoms with Gasteiger partial charge in [0.1, 0.15) is 17.6 Å². The molecule has 7 heteroatoms. The Labute approximate surface area is 292 Å².